The van der Waals surface area contributed by atoms with Crippen LogP contribution < -0.4 is 10.6 Å². The Hall–Kier alpha value is -1.95. The number of aryl methyl sites for hydroxylation is 2. The van der Waals surface area contributed by atoms with E-state index in [1.807, 2.05) is 19.2 Å². The molecule has 4 nitrogen and oxygen atoms in total. The maximum Gasteiger partial charge on any atom is 0.191 e. The van der Waals surface area contributed by atoms with Crippen molar-refractivity contribution in [1.82, 2.24) is 15.6 Å². The van der Waals surface area contributed by atoms with Gasteiger partial charge in [-0.2, -0.15) is 0 Å². The zero-order valence-corrected chi connectivity index (χ0v) is 15.3. The molecule has 1 heterocycles. The largest absolute Gasteiger partial charge is 0.357 e. The van der Waals surface area contributed by atoms with Crippen LogP contribution in [0.15, 0.2) is 29.4 Å². The van der Waals surface area contributed by atoms with Crippen molar-refractivity contribution >= 4 is 17.3 Å². The highest BCUT2D eigenvalue weighted by molar-refractivity contribution is 7.11. The Kier molecular flexibility index (Phi) is 7.18. The third kappa shape index (κ3) is 5.60. The molecule has 0 bridgehead atoms. The van der Waals surface area contributed by atoms with Crippen molar-refractivity contribution in [2.24, 2.45) is 4.99 Å². The summed E-state index contributed by atoms with van der Waals surface area (Å²) >= 11 is 1.76. The van der Waals surface area contributed by atoms with Crippen LogP contribution in [0.3, 0.4) is 0 Å². The Morgan fingerprint density at radius 2 is 2.12 bits per heavy atom. The number of hydrogen-bond donors (Lipinski definition) is 2. The van der Waals surface area contributed by atoms with Crippen LogP contribution in [0.1, 0.15) is 34.9 Å². The first-order valence-corrected chi connectivity index (χ1v) is 9.14. The molecule has 2 rings (SSSR count). The van der Waals surface area contributed by atoms with Crippen LogP contribution in [0.2, 0.25) is 0 Å². The first-order chi connectivity index (χ1) is 11.6. The van der Waals surface area contributed by atoms with Gasteiger partial charge in [-0.05, 0) is 37.5 Å². The van der Waals surface area contributed by atoms with Gasteiger partial charge in [0, 0.05) is 30.6 Å². The van der Waals surface area contributed by atoms with Crippen LogP contribution in [0.5, 0.6) is 0 Å². The van der Waals surface area contributed by atoms with Crippen molar-refractivity contribution in [3.05, 3.63) is 51.2 Å². The topological polar surface area (TPSA) is 49.3 Å². The number of thiazole rings is 1. The summed E-state index contributed by atoms with van der Waals surface area (Å²) in [6.07, 6.45) is 3.85. The molecule has 24 heavy (non-hydrogen) atoms. The third-order valence-electron chi connectivity index (χ3n) is 3.58. The van der Waals surface area contributed by atoms with Crippen molar-refractivity contribution in [2.75, 3.05) is 13.1 Å². The van der Waals surface area contributed by atoms with E-state index in [-0.39, 0.29) is 5.82 Å². The molecule has 0 unspecified atom stereocenters. The molecule has 1 aromatic heterocycles. The van der Waals surface area contributed by atoms with E-state index in [2.05, 4.69) is 27.5 Å². The lowest BCUT2D eigenvalue weighted by Gasteiger charge is -2.10. The fraction of sp³-hybridized carbons (Fsp3) is 0.444. The molecule has 1 aromatic carbocycles. The Morgan fingerprint density at radius 1 is 1.29 bits per heavy atom. The van der Waals surface area contributed by atoms with Crippen LogP contribution in [0.4, 0.5) is 4.39 Å². The minimum Gasteiger partial charge on any atom is -0.357 e. The van der Waals surface area contributed by atoms with Crippen molar-refractivity contribution in [3.8, 4) is 0 Å². The first kappa shape index (κ1) is 18.4. The normalized spacial score (nSPS) is 11.6. The molecule has 0 saturated carbocycles. The molecule has 2 aromatic rings. The fourth-order valence-electron chi connectivity index (χ4n) is 2.16. The van der Waals surface area contributed by atoms with Crippen molar-refractivity contribution in [3.63, 3.8) is 0 Å². The minimum atomic E-state index is -0.184. The van der Waals surface area contributed by atoms with Crippen LogP contribution in [0.25, 0.3) is 0 Å². The second-order valence-corrected chi connectivity index (χ2v) is 6.73. The highest BCUT2D eigenvalue weighted by atomic mass is 32.1. The zero-order valence-electron chi connectivity index (χ0n) is 14.5. The molecule has 0 fully saturated rings. The Bertz CT molecular complexity index is 681. The van der Waals surface area contributed by atoms with Gasteiger partial charge in [0.15, 0.2) is 5.96 Å². The zero-order chi connectivity index (χ0) is 17.4. The van der Waals surface area contributed by atoms with E-state index in [0.717, 1.165) is 42.5 Å². The molecule has 0 spiro atoms. The minimum absolute atomic E-state index is 0.184. The number of rotatable bonds is 7. The van der Waals surface area contributed by atoms with Crippen molar-refractivity contribution in [2.45, 2.75) is 40.2 Å². The van der Waals surface area contributed by atoms with E-state index in [4.69, 9.17) is 0 Å². The van der Waals surface area contributed by atoms with E-state index in [1.54, 1.807) is 30.4 Å². The predicted molar refractivity (Wildman–Crippen MR) is 99.2 cm³/mol. The summed E-state index contributed by atoms with van der Waals surface area (Å²) < 4.78 is 13.6. The molecule has 0 amide bonds. The van der Waals surface area contributed by atoms with E-state index in [1.165, 1.54) is 4.88 Å². The maximum atomic E-state index is 13.6. The number of halogens is 1. The number of nitrogens with zero attached hydrogens (tertiary/aromatic N) is 2. The smallest absolute Gasteiger partial charge is 0.191 e. The molecule has 130 valence electrons. The molecule has 0 aliphatic carbocycles. The quantitative estimate of drug-likeness (QED) is 0.595. The first-order valence-electron chi connectivity index (χ1n) is 8.33. The van der Waals surface area contributed by atoms with Gasteiger partial charge in [0.1, 0.15) is 5.82 Å². The van der Waals surface area contributed by atoms with E-state index in [9.17, 15) is 4.39 Å². The van der Waals surface area contributed by atoms with Crippen LogP contribution in [-0.4, -0.2) is 24.0 Å². The summed E-state index contributed by atoms with van der Waals surface area (Å²) in [5, 5.41) is 7.65. The fourth-order valence-corrected chi connectivity index (χ4v) is 3.02. The summed E-state index contributed by atoms with van der Waals surface area (Å²) in [6, 6.07) is 5.24. The molecule has 2 N–H and O–H groups in total. The lowest BCUT2D eigenvalue weighted by molar-refractivity contribution is 0.616. The molecule has 0 aliphatic heterocycles. The highest BCUT2D eigenvalue weighted by Crippen LogP contribution is 2.13. The lowest BCUT2D eigenvalue weighted by Crippen LogP contribution is -2.38. The summed E-state index contributed by atoms with van der Waals surface area (Å²) in [5.41, 5.74) is 1.52. The number of nitrogens with one attached hydrogen (secondary N) is 2. The molecule has 6 heteroatoms. The van der Waals surface area contributed by atoms with Gasteiger partial charge in [-0.1, -0.05) is 19.1 Å². The van der Waals surface area contributed by atoms with Crippen LogP contribution in [0, 0.1) is 12.7 Å². The summed E-state index contributed by atoms with van der Waals surface area (Å²) in [4.78, 5) is 10.2. The summed E-state index contributed by atoms with van der Waals surface area (Å²) in [5.74, 6) is 0.557. The predicted octanol–water partition coefficient (Wildman–Crippen LogP) is 3.45. The number of aliphatic imine (C=N–C) groups is 1. The van der Waals surface area contributed by atoms with Gasteiger partial charge < -0.3 is 10.6 Å². The summed E-state index contributed by atoms with van der Waals surface area (Å²) in [6.45, 7) is 7.92. The van der Waals surface area contributed by atoms with Gasteiger partial charge in [-0.3, -0.25) is 0 Å². The molecular formula is C18H25FN4S. The standard InChI is InChI=1S/C18H25FN4S/c1-4-15-12-22-17(24-15)8-9-21-18(20-5-2)23-11-14-7-6-13(3)16(19)10-14/h6-7,10,12H,4-5,8-9,11H2,1-3H3,(H2,20,21,23). The third-order valence-corrected chi connectivity index (χ3v) is 4.78. The highest BCUT2D eigenvalue weighted by Gasteiger charge is 2.03. The van der Waals surface area contributed by atoms with E-state index in [0.29, 0.717) is 12.1 Å². The summed E-state index contributed by atoms with van der Waals surface area (Å²) in [7, 11) is 0. The molecular weight excluding hydrogens is 323 g/mol. The van der Waals surface area contributed by atoms with Crippen LogP contribution >= 0.6 is 11.3 Å². The van der Waals surface area contributed by atoms with Gasteiger partial charge >= 0.3 is 0 Å². The van der Waals surface area contributed by atoms with Gasteiger partial charge in [0.2, 0.25) is 0 Å². The Morgan fingerprint density at radius 3 is 2.79 bits per heavy atom. The lowest BCUT2D eigenvalue weighted by atomic mass is 10.1. The van der Waals surface area contributed by atoms with Gasteiger partial charge in [-0.25, -0.2) is 14.4 Å². The average Bonchev–Trinajstić information content (AvgIpc) is 3.03. The SMILES string of the molecule is CCNC(=NCc1ccc(C)c(F)c1)NCCc1ncc(CC)s1. The Labute approximate surface area is 147 Å². The number of benzene rings is 1. The Balaban J connectivity index is 1.88. The van der Waals surface area contributed by atoms with Gasteiger partial charge in [0.25, 0.3) is 0 Å². The monoisotopic (exact) mass is 348 g/mol. The van der Waals surface area contributed by atoms with Gasteiger partial charge in [0.05, 0.1) is 11.6 Å². The number of hydrogen-bond acceptors (Lipinski definition) is 3. The van der Waals surface area contributed by atoms with Crippen LogP contribution in [-0.2, 0) is 19.4 Å². The molecule has 0 radical (unpaired) electrons. The molecule has 0 saturated heterocycles. The molecule has 0 atom stereocenters. The van der Waals surface area contributed by atoms with Crippen molar-refractivity contribution in [1.29, 1.82) is 0 Å². The maximum absolute atomic E-state index is 13.6. The number of aromatic nitrogens is 1. The second-order valence-electron chi connectivity index (χ2n) is 5.53. The number of guanidine groups is 1. The van der Waals surface area contributed by atoms with E-state index < -0.39 is 0 Å². The average molecular weight is 348 g/mol. The van der Waals surface area contributed by atoms with E-state index >= 15 is 0 Å². The second kappa shape index (κ2) is 9.37. The van der Waals surface area contributed by atoms with Crippen molar-refractivity contribution < 1.29 is 4.39 Å². The molecule has 0 aliphatic rings. The van der Waals surface area contributed by atoms with Gasteiger partial charge in [-0.15, -0.1) is 11.3 Å².